The zero-order valence-electron chi connectivity index (χ0n) is 7.34. The van der Waals surface area contributed by atoms with Gasteiger partial charge in [-0.3, -0.25) is 4.79 Å². The second-order valence-electron chi connectivity index (χ2n) is 3.08. The predicted octanol–water partition coefficient (Wildman–Crippen LogP) is 0.907. The number of carbonyl (C=O) groups excluding carboxylic acids is 1. The molecule has 0 aliphatic carbocycles. The lowest BCUT2D eigenvalue weighted by Gasteiger charge is -2.15. The van der Waals surface area contributed by atoms with Gasteiger partial charge in [0.1, 0.15) is 5.38 Å². The number of amides is 1. The molecule has 1 amide bonds. The van der Waals surface area contributed by atoms with E-state index in [9.17, 15) is 4.79 Å². The molecule has 0 radical (unpaired) electrons. The van der Waals surface area contributed by atoms with Gasteiger partial charge in [-0.2, -0.15) is 0 Å². The van der Waals surface area contributed by atoms with E-state index in [1.54, 1.807) is 7.05 Å². The van der Waals surface area contributed by atoms with Crippen LogP contribution in [0.1, 0.15) is 19.8 Å². The molecule has 1 saturated heterocycles. The Morgan fingerprint density at radius 3 is 2.75 bits per heavy atom. The summed E-state index contributed by atoms with van der Waals surface area (Å²) >= 11 is 5.87. The number of ether oxygens (including phenoxy) is 1. The fourth-order valence-electron chi connectivity index (χ4n) is 1.36. The first-order chi connectivity index (χ1) is 5.65. The second kappa shape index (κ2) is 4.10. The molecule has 0 saturated carbocycles. The highest BCUT2D eigenvalue weighted by molar-refractivity contribution is 6.31. The molecule has 3 atom stereocenters. The first-order valence-electron chi connectivity index (χ1n) is 4.16. The summed E-state index contributed by atoms with van der Waals surface area (Å²) in [7, 11) is 1.58. The van der Waals surface area contributed by atoms with Crippen LogP contribution in [0, 0.1) is 0 Å². The summed E-state index contributed by atoms with van der Waals surface area (Å²) in [5, 5.41) is 1.96. The SMILES string of the molecule is CNC(=O)C(Cl)C1CCC(C)O1. The van der Waals surface area contributed by atoms with Gasteiger partial charge in [0.25, 0.3) is 0 Å². The molecular weight excluding hydrogens is 178 g/mol. The highest BCUT2D eigenvalue weighted by Gasteiger charge is 2.32. The normalized spacial score (nSPS) is 31.6. The largest absolute Gasteiger partial charge is 0.373 e. The van der Waals surface area contributed by atoms with Gasteiger partial charge in [-0.1, -0.05) is 0 Å². The molecule has 1 aliphatic heterocycles. The number of rotatable bonds is 2. The molecule has 4 heteroatoms. The van der Waals surface area contributed by atoms with Gasteiger partial charge in [0, 0.05) is 7.05 Å². The summed E-state index contributed by atoms with van der Waals surface area (Å²) in [6, 6.07) is 0. The summed E-state index contributed by atoms with van der Waals surface area (Å²) in [6.45, 7) is 1.99. The van der Waals surface area contributed by atoms with Gasteiger partial charge in [-0.15, -0.1) is 11.6 Å². The molecular formula is C8H14ClNO2. The van der Waals surface area contributed by atoms with Gasteiger partial charge in [0.05, 0.1) is 12.2 Å². The third kappa shape index (κ3) is 2.11. The minimum Gasteiger partial charge on any atom is -0.373 e. The van der Waals surface area contributed by atoms with Gasteiger partial charge in [-0.25, -0.2) is 0 Å². The van der Waals surface area contributed by atoms with Crippen LogP contribution in [0.3, 0.4) is 0 Å². The number of hydrogen-bond acceptors (Lipinski definition) is 2. The Kier molecular flexibility index (Phi) is 3.35. The predicted molar refractivity (Wildman–Crippen MR) is 47.3 cm³/mol. The fraction of sp³-hybridized carbons (Fsp3) is 0.875. The summed E-state index contributed by atoms with van der Waals surface area (Å²) in [6.07, 6.45) is 2.00. The Morgan fingerprint density at radius 2 is 2.33 bits per heavy atom. The van der Waals surface area contributed by atoms with E-state index in [4.69, 9.17) is 16.3 Å². The first-order valence-corrected chi connectivity index (χ1v) is 4.60. The molecule has 1 aliphatic rings. The fourth-order valence-corrected chi connectivity index (χ4v) is 1.65. The molecule has 3 unspecified atom stereocenters. The van der Waals surface area contributed by atoms with Crippen LogP contribution in [-0.2, 0) is 9.53 Å². The number of carbonyl (C=O) groups is 1. The van der Waals surface area contributed by atoms with Crippen LogP contribution in [0.25, 0.3) is 0 Å². The van der Waals surface area contributed by atoms with Gasteiger partial charge in [0.2, 0.25) is 5.91 Å². The van der Waals surface area contributed by atoms with Crippen molar-refractivity contribution >= 4 is 17.5 Å². The number of nitrogens with one attached hydrogen (secondary N) is 1. The quantitative estimate of drug-likeness (QED) is 0.659. The number of alkyl halides is 1. The molecule has 1 rings (SSSR count). The molecule has 0 spiro atoms. The summed E-state index contributed by atoms with van der Waals surface area (Å²) in [4.78, 5) is 11.1. The standard InChI is InChI=1S/C8H14ClNO2/c1-5-3-4-6(12-5)7(9)8(11)10-2/h5-7H,3-4H2,1-2H3,(H,10,11). The van der Waals surface area contributed by atoms with Crippen molar-refractivity contribution in [3.63, 3.8) is 0 Å². The maximum atomic E-state index is 11.1. The molecule has 1 fully saturated rings. The maximum absolute atomic E-state index is 11.1. The van der Waals surface area contributed by atoms with E-state index in [0.29, 0.717) is 0 Å². The minimum absolute atomic E-state index is 0.110. The summed E-state index contributed by atoms with van der Waals surface area (Å²) < 4.78 is 5.45. The van der Waals surface area contributed by atoms with E-state index in [-0.39, 0.29) is 18.1 Å². The second-order valence-corrected chi connectivity index (χ2v) is 3.55. The highest BCUT2D eigenvalue weighted by atomic mass is 35.5. The molecule has 70 valence electrons. The number of halogens is 1. The van der Waals surface area contributed by atoms with Crippen LogP contribution < -0.4 is 5.32 Å². The Morgan fingerprint density at radius 1 is 1.67 bits per heavy atom. The van der Waals surface area contributed by atoms with E-state index < -0.39 is 5.38 Å². The molecule has 1 N–H and O–H groups in total. The van der Waals surface area contributed by atoms with Gasteiger partial charge in [0.15, 0.2) is 0 Å². The molecule has 1 heterocycles. The average molecular weight is 192 g/mol. The van der Waals surface area contributed by atoms with Gasteiger partial charge in [-0.05, 0) is 19.8 Å². The molecule has 0 aromatic heterocycles. The zero-order valence-corrected chi connectivity index (χ0v) is 8.10. The van der Waals surface area contributed by atoms with Crippen molar-refractivity contribution in [2.24, 2.45) is 0 Å². The van der Waals surface area contributed by atoms with E-state index >= 15 is 0 Å². The lowest BCUT2D eigenvalue weighted by Crippen LogP contribution is -2.36. The van der Waals surface area contributed by atoms with E-state index in [2.05, 4.69) is 5.32 Å². The van der Waals surface area contributed by atoms with E-state index in [1.165, 1.54) is 0 Å². The third-order valence-electron chi connectivity index (χ3n) is 2.09. The Bertz CT molecular complexity index is 174. The van der Waals surface area contributed by atoms with Crippen LogP contribution in [0.4, 0.5) is 0 Å². The molecule has 0 bridgehead atoms. The maximum Gasteiger partial charge on any atom is 0.240 e. The van der Waals surface area contributed by atoms with Crippen molar-refractivity contribution in [3.8, 4) is 0 Å². The van der Waals surface area contributed by atoms with Crippen molar-refractivity contribution in [1.82, 2.24) is 5.32 Å². The lowest BCUT2D eigenvalue weighted by molar-refractivity contribution is -0.122. The van der Waals surface area contributed by atoms with Gasteiger partial charge >= 0.3 is 0 Å². The van der Waals surface area contributed by atoms with Crippen molar-refractivity contribution in [1.29, 1.82) is 0 Å². The highest BCUT2D eigenvalue weighted by Crippen LogP contribution is 2.24. The minimum atomic E-state index is -0.542. The van der Waals surface area contributed by atoms with Crippen LogP contribution in [0.2, 0.25) is 0 Å². The smallest absolute Gasteiger partial charge is 0.240 e. The van der Waals surface area contributed by atoms with Crippen molar-refractivity contribution in [2.75, 3.05) is 7.05 Å². The van der Waals surface area contributed by atoms with Crippen LogP contribution in [-0.4, -0.2) is 30.5 Å². The summed E-state index contributed by atoms with van der Waals surface area (Å²) in [5.74, 6) is -0.157. The Hall–Kier alpha value is -0.280. The topological polar surface area (TPSA) is 38.3 Å². The van der Waals surface area contributed by atoms with E-state index in [0.717, 1.165) is 12.8 Å². The molecule has 3 nitrogen and oxygen atoms in total. The first kappa shape index (κ1) is 9.81. The Balaban J connectivity index is 2.42. The van der Waals surface area contributed by atoms with Crippen LogP contribution in [0.5, 0.6) is 0 Å². The van der Waals surface area contributed by atoms with E-state index in [1.807, 2.05) is 6.92 Å². The zero-order chi connectivity index (χ0) is 9.14. The summed E-state index contributed by atoms with van der Waals surface area (Å²) in [5.41, 5.74) is 0. The van der Waals surface area contributed by atoms with Crippen molar-refractivity contribution in [2.45, 2.75) is 37.4 Å². The Labute approximate surface area is 77.4 Å². The molecule has 0 aromatic rings. The molecule has 0 aromatic carbocycles. The van der Waals surface area contributed by atoms with Crippen molar-refractivity contribution < 1.29 is 9.53 Å². The van der Waals surface area contributed by atoms with Crippen LogP contribution >= 0.6 is 11.6 Å². The third-order valence-corrected chi connectivity index (χ3v) is 2.57. The monoisotopic (exact) mass is 191 g/mol. The molecule has 12 heavy (non-hydrogen) atoms. The average Bonchev–Trinajstić information content (AvgIpc) is 2.49. The van der Waals surface area contributed by atoms with Crippen molar-refractivity contribution in [3.05, 3.63) is 0 Å². The number of hydrogen-bond donors (Lipinski definition) is 1. The van der Waals surface area contributed by atoms with Gasteiger partial charge < -0.3 is 10.1 Å². The van der Waals surface area contributed by atoms with Crippen LogP contribution in [0.15, 0.2) is 0 Å². The lowest BCUT2D eigenvalue weighted by atomic mass is 10.1.